The highest BCUT2D eigenvalue weighted by Crippen LogP contribution is 2.36. The van der Waals surface area contributed by atoms with E-state index in [1.165, 1.54) is 43.2 Å². The van der Waals surface area contributed by atoms with Crippen LogP contribution in [-0.4, -0.2) is 11.6 Å². The van der Waals surface area contributed by atoms with Crippen molar-refractivity contribution in [3.8, 4) is 5.75 Å². The fourth-order valence-electron chi connectivity index (χ4n) is 3.48. The summed E-state index contributed by atoms with van der Waals surface area (Å²) in [6, 6.07) is 6.48. The Morgan fingerprint density at radius 2 is 2.06 bits per heavy atom. The molecule has 0 radical (unpaired) electrons. The fourth-order valence-corrected chi connectivity index (χ4v) is 3.48. The van der Waals surface area contributed by atoms with E-state index in [1.807, 2.05) is 0 Å². The van der Waals surface area contributed by atoms with E-state index in [-0.39, 0.29) is 5.54 Å². The van der Waals surface area contributed by atoms with Gasteiger partial charge in [0.1, 0.15) is 11.9 Å². The van der Waals surface area contributed by atoms with Crippen molar-refractivity contribution in [1.82, 2.24) is 0 Å². The normalized spacial score (nSPS) is 25.6. The lowest BCUT2D eigenvalue weighted by atomic mass is 9.78. The lowest BCUT2D eigenvalue weighted by molar-refractivity contribution is 0.155. The maximum Gasteiger partial charge on any atom is 0.123 e. The molecule has 0 saturated heterocycles. The second kappa shape index (κ2) is 4.58. The number of nitrogens with two attached hydrogens (primary N) is 1. The Balaban J connectivity index is 1.67. The molecule has 1 atom stereocenters. The molecule has 1 aliphatic carbocycles. The predicted octanol–water partition coefficient (Wildman–Crippen LogP) is 3.35. The first kappa shape index (κ1) is 12.0. The van der Waals surface area contributed by atoms with Gasteiger partial charge in [0.05, 0.1) is 0 Å². The minimum absolute atomic E-state index is 0.0278. The van der Waals surface area contributed by atoms with Crippen molar-refractivity contribution < 1.29 is 4.74 Å². The van der Waals surface area contributed by atoms with Crippen molar-refractivity contribution in [2.24, 2.45) is 5.73 Å². The van der Waals surface area contributed by atoms with Crippen molar-refractivity contribution in [1.29, 1.82) is 0 Å². The van der Waals surface area contributed by atoms with E-state index in [2.05, 4.69) is 25.1 Å². The average molecular weight is 245 g/mol. The van der Waals surface area contributed by atoms with Crippen LogP contribution in [0.3, 0.4) is 0 Å². The van der Waals surface area contributed by atoms with Crippen LogP contribution in [0.1, 0.15) is 49.7 Å². The topological polar surface area (TPSA) is 35.2 Å². The van der Waals surface area contributed by atoms with Crippen molar-refractivity contribution in [3.05, 3.63) is 29.3 Å². The van der Waals surface area contributed by atoms with Crippen molar-refractivity contribution in [2.75, 3.05) is 0 Å². The summed E-state index contributed by atoms with van der Waals surface area (Å²) in [5, 5.41) is 0. The summed E-state index contributed by atoms with van der Waals surface area (Å²) in [7, 11) is 0. The predicted molar refractivity (Wildman–Crippen MR) is 73.9 cm³/mol. The largest absolute Gasteiger partial charge is 0.490 e. The van der Waals surface area contributed by atoms with Crippen molar-refractivity contribution in [2.45, 2.75) is 63.5 Å². The number of benzene rings is 1. The fraction of sp³-hybridized carbons (Fsp3) is 0.625. The van der Waals surface area contributed by atoms with Gasteiger partial charge in [0.15, 0.2) is 0 Å². The van der Waals surface area contributed by atoms with Crippen LogP contribution in [0.5, 0.6) is 5.75 Å². The van der Waals surface area contributed by atoms with E-state index in [1.54, 1.807) is 0 Å². The van der Waals surface area contributed by atoms with Crippen molar-refractivity contribution in [3.63, 3.8) is 0 Å². The van der Waals surface area contributed by atoms with Gasteiger partial charge in [-0.15, -0.1) is 0 Å². The minimum atomic E-state index is 0.0278. The van der Waals surface area contributed by atoms with Gasteiger partial charge >= 0.3 is 0 Å². The molecule has 2 nitrogen and oxygen atoms in total. The first-order chi connectivity index (χ1) is 8.65. The quantitative estimate of drug-likeness (QED) is 0.867. The molecule has 1 unspecified atom stereocenters. The zero-order valence-corrected chi connectivity index (χ0v) is 11.2. The van der Waals surface area contributed by atoms with Crippen LogP contribution in [0.4, 0.5) is 0 Å². The summed E-state index contributed by atoms with van der Waals surface area (Å²) in [4.78, 5) is 0. The Labute approximate surface area is 110 Å². The van der Waals surface area contributed by atoms with Gasteiger partial charge in [-0.25, -0.2) is 0 Å². The molecule has 1 saturated carbocycles. The molecule has 2 N–H and O–H groups in total. The molecule has 1 aromatic carbocycles. The smallest absolute Gasteiger partial charge is 0.123 e. The molecular formula is C16H23NO. The highest BCUT2D eigenvalue weighted by atomic mass is 16.5. The Kier molecular flexibility index (Phi) is 3.06. The number of rotatable bonds is 2. The first-order valence-electron chi connectivity index (χ1n) is 7.20. The molecule has 0 aromatic heterocycles. The van der Waals surface area contributed by atoms with E-state index in [4.69, 9.17) is 10.5 Å². The zero-order chi connectivity index (χ0) is 12.6. The Morgan fingerprint density at radius 3 is 2.83 bits per heavy atom. The molecule has 0 spiro atoms. The van der Waals surface area contributed by atoms with E-state index in [9.17, 15) is 0 Å². The van der Waals surface area contributed by atoms with Gasteiger partial charge < -0.3 is 10.5 Å². The van der Waals surface area contributed by atoms with Crippen LogP contribution in [0, 0.1) is 6.92 Å². The second-order valence-electron chi connectivity index (χ2n) is 6.18. The average Bonchev–Trinajstić information content (AvgIpc) is 2.70. The molecule has 18 heavy (non-hydrogen) atoms. The summed E-state index contributed by atoms with van der Waals surface area (Å²) in [6.07, 6.45) is 8.61. The Bertz CT molecular complexity index is 435. The Morgan fingerprint density at radius 1 is 1.28 bits per heavy atom. The van der Waals surface area contributed by atoms with Gasteiger partial charge in [0.25, 0.3) is 0 Å². The molecule has 1 heterocycles. The van der Waals surface area contributed by atoms with Crippen molar-refractivity contribution >= 4 is 0 Å². The number of hydrogen-bond donors (Lipinski definition) is 1. The SMILES string of the molecule is Cc1ccc2c(c1)CC(CC1(N)CCCCC1)O2. The third-order valence-corrected chi connectivity index (χ3v) is 4.44. The maximum atomic E-state index is 6.52. The maximum absolute atomic E-state index is 6.52. The third kappa shape index (κ3) is 2.39. The van der Waals surface area contributed by atoms with Crippen LogP contribution in [0.2, 0.25) is 0 Å². The number of aryl methyl sites for hydroxylation is 1. The summed E-state index contributed by atoms with van der Waals surface area (Å²) in [5.74, 6) is 1.07. The van der Waals surface area contributed by atoms with E-state index < -0.39 is 0 Å². The first-order valence-corrected chi connectivity index (χ1v) is 7.20. The van der Waals surface area contributed by atoms with E-state index in [0.717, 1.165) is 18.6 Å². The molecule has 1 fully saturated rings. The lowest BCUT2D eigenvalue weighted by Gasteiger charge is -2.35. The lowest BCUT2D eigenvalue weighted by Crippen LogP contribution is -2.45. The highest BCUT2D eigenvalue weighted by Gasteiger charge is 2.34. The molecule has 0 bridgehead atoms. The molecule has 1 aromatic rings. The molecule has 3 rings (SSSR count). The number of ether oxygens (including phenoxy) is 1. The van der Waals surface area contributed by atoms with Gasteiger partial charge in [-0.1, -0.05) is 37.0 Å². The van der Waals surface area contributed by atoms with Crippen LogP contribution < -0.4 is 10.5 Å². The van der Waals surface area contributed by atoms with Crippen LogP contribution in [0.15, 0.2) is 18.2 Å². The minimum Gasteiger partial charge on any atom is -0.490 e. The van der Waals surface area contributed by atoms with Gasteiger partial charge in [-0.05, 0) is 31.4 Å². The van der Waals surface area contributed by atoms with Gasteiger partial charge in [0, 0.05) is 18.4 Å². The summed E-state index contributed by atoms with van der Waals surface area (Å²) in [6.45, 7) is 2.14. The van der Waals surface area contributed by atoms with E-state index in [0.29, 0.717) is 6.10 Å². The molecule has 98 valence electrons. The Hall–Kier alpha value is -1.02. The van der Waals surface area contributed by atoms with Gasteiger partial charge in [0.2, 0.25) is 0 Å². The van der Waals surface area contributed by atoms with Crippen LogP contribution in [0.25, 0.3) is 0 Å². The standard InChI is InChI=1S/C16H23NO/c1-12-5-6-15-13(9-12)10-14(18-15)11-16(17)7-3-2-4-8-16/h5-6,9,14H,2-4,7-8,10-11,17H2,1H3. The third-order valence-electron chi connectivity index (χ3n) is 4.44. The van der Waals surface area contributed by atoms with E-state index >= 15 is 0 Å². The molecule has 0 amide bonds. The summed E-state index contributed by atoms with van der Waals surface area (Å²) < 4.78 is 6.05. The second-order valence-corrected chi connectivity index (χ2v) is 6.18. The molecule has 1 aliphatic heterocycles. The van der Waals surface area contributed by atoms with Gasteiger partial charge in [-0.2, -0.15) is 0 Å². The monoisotopic (exact) mass is 245 g/mol. The van der Waals surface area contributed by atoms with Gasteiger partial charge in [-0.3, -0.25) is 0 Å². The molecular weight excluding hydrogens is 222 g/mol. The summed E-state index contributed by atoms with van der Waals surface area (Å²) in [5.41, 5.74) is 9.23. The number of fused-ring (bicyclic) bond motifs is 1. The molecule has 2 heteroatoms. The van der Waals surface area contributed by atoms with Crippen LogP contribution >= 0.6 is 0 Å². The number of hydrogen-bond acceptors (Lipinski definition) is 2. The highest BCUT2D eigenvalue weighted by molar-refractivity contribution is 5.40. The molecule has 2 aliphatic rings. The summed E-state index contributed by atoms with van der Waals surface area (Å²) >= 11 is 0. The van der Waals surface area contributed by atoms with Crippen LogP contribution in [-0.2, 0) is 6.42 Å². The zero-order valence-electron chi connectivity index (χ0n) is 11.2.